The van der Waals surface area contributed by atoms with E-state index in [-0.39, 0.29) is 23.2 Å². The summed E-state index contributed by atoms with van der Waals surface area (Å²) in [5.41, 5.74) is 0.546. The second kappa shape index (κ2) is 9.85. The van der Waals surface area contributed by atoms with Crippen molar-refractivity contribution < 1.29 is 29.2 Å². The van der Waals surface area contributed by atoms with Gasteiger partial charge in [0.05, 0.1) is 4.92 Å². The van der Waals surface area contributed by atoms with Gasteiger partial charge in [-0.2, -0.15) is 0 Å². The number of aliphatic carboxylic acids is 1. The first-order valence-corrected chi connectivity index (χ1v) is 11.8. The predicted octanol–water partition coefficient (Wildman–Crippen LogP) is 2.68. The van der Waals surface area contributed by atoms with Crippen molar-refractivity contribution in [3.8, 4) is 5.75 Å². The number of halogens is 1. The summed E-state index contributed by atoms with van der Waals surface area (Å²) in [6.45, 7) is -0.289. The van der Waals surface area contributed by atoms with Crippen LogP contribution < -0.4 is 10.1 Å². The summed E-state index contributed by atoms with van der Waals surface area (Å²) < 4.78 is 5.75. The van der Waals surface area contributed by atoms with Crippen LogP contribution in [0.2, 0.25) is 0 Å². The number of carboxylic acids is 1. The van der Waals surface area contributed by atoms with Crippen LogP contribution in [0.5, 0.6) is 5.75 Å². The molecule has 0 radical (unpaired) electrons. The number of ether oxygens (including phenoxy) is 1. The maximum atomic E-state index is 12.7. The Hall–Kier alpha value is -3.38. The Morgan fingerprint density at radius 2 is 1.85 bits per heavy atom. The first-order chi connectivity index (χ1) is 16.3. The highest BCUT2D eigenvalue weighted by Gasteiger charge is 2.56. The van der Waals surface area contributed by atoms with E-state index in [0.717, 1.165) is 10.5 Å². The van der Waals surface area contributed by atoms with E-state index in [1.807, 2.05) is 6.07 Å². The minimum Gasteiger partial charge on any atom is -0.484 e. The number of rotatable bonds is 8. The Morgan fingerprint density at radius 3 is 2.47 bits per heavy atom. The number of carbonyl (C=O) groups excluding carboxylic acids is 2. The van der Waals surface area contributed by atoms with Crippen LogP contribution in [-0.2, 0) is 20.8 Å². The molecule has 12 heteroatoms. The summed E-state index contributed by atoms with van der Waals surface area (Å²) in [4.78, 5) is 48.6. The predicted molar refractivity (Wildman–Crippen MR) is 126 cm³/mol. The average Bonchev–Trinajstić information content (AvgIpc) is 2.83. The van der Waals surface area contributed by atoms with Crippen molar-refractivity contribution in [2.75, 3.05) is 6.61 Å². The van der Waals surface area contributed by atoms with Crippen LogP contribution in [-0.4, -0.2) is 56.0 Å². The van der Waals surface area contributed by atoms with E-state index in [1.54, 1.807) is 36.4 Å². The van der Waals surface area contributed by atoms with Gasteiger partial charge in [0, 0.05) is 21.9 Å². The molecule has 0 saturated carbocycles. The number of non-ortho nitro benzene ring substituents is 1. The molecule has 34 heavy (non-hydrogen) atoms. The lowest BCUT2D eigenvalue weighted by atomic mass is 10.0. The summed E-state index contributed by atoms with van der Waals surface area (Å²) in [6.07, 6.45) is 0.371. The first-order valence-electron chi connectivity index (χ1n) is 10.1. The van der Waals surface area contributed by atoms with E-state index in [2.05, 4.69) is 21.2 Å². The molecule has 2 amide bonds. The molecule has 0 spiro atoms. The normalized spacial score (nSPS) is 21.4. The van der Waals surface area contributed by atoms with E-state index in [0.29, 0.717) is 16.7 Å². The maximum absolute atomic E-state index is 12.7. The Balaban J connectivity index is 1.47. The summed E-state index contributed by atoms with van der Waals surface area (Å²) in [7, 11) is 0. The first kappa shape index (κ1) is 23.8. The van der Waals surface area contributed by atoms with Gasteiger partial charge in [0.25, 0.3) is 17.5 Å². The number of hydrogen-bond donors (Lipinski definition) is 2. The quantitative estimate of drug-likeness (QED) is 0.292. The highest BCUT2D eigenvalue weighted by atomic mass is 79.9. The van der Waals surface area contributed by atoms with Crippen molar-refractivity contribution in [2.24, 2.45) is 0 Å². The third-order valence-electron chi connectivity index (χ3n) is 5.30. The molecule has 2 aliphatic heterocycles. The SMILES string of the molecule is O=C(COc1ccccc1)NC1C(=O)N2C(C(=O)O)=C(Br)C(Cc3ccc([N+](=O)[O-])cc3)S[C@H]12. The fourth-order valence-corrected chi connectivity index (χ4v) is 6.04. The minimum atomic E-state index is -1.27. The molecule has 2 heterocycles. The number of thioether (sulfide) groups is 1. The van der Waals surface area contributed by atoms with Gasteiger partial charge >= 0.3 is 5.97 Å². The molecular weight excluding hydrogens is 530 g/mol. The lowest BCUT2D eigenvalue weighted by Crippen LogP contribution is -2.71. The van der Waals surface area contributed by atoms with E-state index in [9.17, 15) is 29.6 Å². The summed E-state index contributed by atoms with van der Waals surface area (Å²) in [5.74, 6) is -1.78. The number of nitro groups is 1. The number of carbonyl (C=O) groups is 3. The van der Waals surface area contributed by atoms with Crippen molar-refractivity contribution in [1.82, 2.24) is 10.2 Å². The summed E-state index contributed by atoms with van der Waals surface area (Å²) in [5, 5.41) is 22.3. The number of para-hydroxylation sites is 1. The molecule has 3 atom stereocenters. The molecule has 2 aliphatic rings. The lowest BCUT2D eigenvalue weighted by molar-refractivity contribution is -0.384. The molecular formula is C22H18BrN3O7S. The molecule has 0 bridgehead atoms. The second-order valence-corrected chi connectivity index (χ2v) is 9.68. The Bertz CT molecular complexity index is 1170. The van der Waals surface area contributed by atoms with E-state index >= 15 is 0 Å². The standard InChI is InChI=1S/C22H18BrN3O7S/c23-17-15(10-12-6-8-13(9-7-12)26(31)32)34-21-18(20(28)25(21)19(17)22(29)30)24-16(27)11-33-14-4-2-1-3-5-14/h1-9,15,18,21H,10-11H2,(H,24,27)(H,29,30)/t15?,18?,21-/m1/s1. The number of β-lactam (4-membered cyclic amide) rings is 1. The molecule has 2 N–H and O–H groups in total. The Kier molecular flexibility index (Phi) is 6.89. The Morgan fingerprint density at radius 1 is 1.18 bits per heavy atom. The van der Waals surface area contributed by atoms with Crippen LogP contribution in [0.15, 0.2) is 64.8 Å². The molecule has 1 saturated heterocycles. The summed E-state index contributed by atoms with van der Waals surface area (Å²) >= 11 is 4.67. The zero-order chi connectivity index (χ0) is 24.4. The molecule has 1 fully saturated rings. The summed E-state index contributed by atoms with van der Waals surface area (Å²) in [6, 6.07) is 13.8. The molecule has 2 aromatic rings. The number of nitro benzene ring substituents is 1. The van der Waals surface area contributed by atoms with Crippen molar-refractivity contribution in [1.29, 1.82) is 0 Å². The van der Waals surface area contributed by atoms with Crippen LogP contribution in [0.4, 0.5) is 5.69 Å². The molecule has 0 aromatic heterocycles. The van der Waals surface area contributed by atoms with Gasteiger partial charge in [-0.1, -0.05) is 46.3 Å². The van der Waals surface area contributed by atoms with Gasteiger partial charge in [-0.3, -0.25) is 24.6 Å². The van der Waals surface area contributed by atoms with Crippen molar-refractivity contribution in [3.63, 3.8) is 0 Å². The zero-order valence-corrected chi connectivity index (χ0v) is 19.8. The van der Waals surface area contributed by atoms with Crippen molar-refractivity contribution in [2.45, 2.75) is 23.1 Å². The van der Waals surface area contributed by atoms with Gasteiger partial charge in [0.2, 0.25) is 0 Å². The van der Waals surface area contributed by atoms with Gasteiger partial charge in [0.1, 0.15) is 22.9 Å². The fourth-order valence-electron chi connectivity index (χ4n) is 3.66. The number of amides is 2. The zero-order valence-electron chi connectivity index (χ0n) is 17.4. The van der Waals surface area contributed by atoms with Gasteiger partial charge in [-0.15, -0.1) is 11.8 Å². The number of nitrogens with one attached hydrogen (secondary N) is 1. The largest absolute Gasteiger partial charge is 0.484 e. The topological polar surface area (TPSA) is 139 Å². The van der Waals surface area contributed by atoms with Crippen LogP contribution in [0.1, 0.15) is 5.56 Å². The van der Waals surface area contributed by atoms with Gasteiger partial charge in [-0.05, 0) is 24.1 Å². The third-order valence-corrected chi connectivity index (χ3v) is 8.02. The van der Waals surface area contributed by atoms with Gasteiger partial charge in [0.15, 0.2) is 6.61 Å². The van der Waals surface area contributed by atoms with Crippen LogP contribution in [0.25, 0.3) is 0 Å². The number of hydrogen-bond acceptors (Lipinski definition) is 7. The number of carboxylic acid groups (broad SMARTS) is 1. The molecule has 10 nitrogen and oxygen atoms in total. The molecule has 4 rings (SSSR count). The van der Waals surface area contributed by atoms with Gasteiger partial charge in [-0.25, -0.2) is 4.79 Å². The highest BCUT2D eigenvalue weighted by molar-refractivity contribution is 9.12. The third kappa shape index (κ3) is 4.77. The second-order valence-electron chi connectivity index (χ2n) is 7.50. The van der Waals surface area contributed by atoms with Crippen molar-refractivity contribution >= 4 is 51.2 Å². The molecule has 2 unspecified atom stereocenters. The smallest absolute Gasteiger partial charge is 0.353 e. The number of nitrogens with zero attached hydrogens (tertiary/aromatic N) is 2. The highest BCUT2D eigenvalue weighted by Crippen LogP contribution is 2.47. The minimum absolute atomic E-state index is 0.0443. The molecule has 2 aromatic carbocycles. The molecule has 176 valence electrons. The van der Waals surface area contributed by atoms with E-state index in [4.69, 9.17) is 4.74 Å². The van der Waals surface area contributed by atoms with E-state index < -0.39 is 34.1 Å². The maximum Gasteiger partial charge on any atom is 0.353 e. The van der Waals surface area contributed by atoms with Crippen LogP contribution in [0.3, 0.4) is 0 Å². The monoisotopic (exact) mass is 547 g/mol. The van der Waals surface area contributed by atoms with E-state index in [1.165, 1.54) is 23.9 Å². The fraction of sp³-hybridized carbons (Fsp3) is 0.227. The van der Waals surface area contributed by atoms with Crippen LogP contribution in [0, 0.1) is 10.1 Å². The van der Waals surface area contributed by atoms with Crippen molar-refractivity contribution in [3.05, 3.63) is 80.5 Å². The number of fused-ring (bicyclic) bond motifs is 1. The molecule has 0 aliphatic carbocycles. The Labute approximate surface area is 206 Å². The van der Waals surface area contributed by atoms with Gasteiger partial charge < -0.3 is 15.2 Å². The number of benzene rings is 2. The average molecular weight is 548 g/mol. The lowest BCUT2D eigenvalue weighted by Gasteiger charge is -2.50. The van der Waals surface area contributed by atoms with Crippen LogP contribution >= 0.6 is 27.7 Å².